The third-order valence-electron chi connectivity index (χ3n) is 2.47. The zero-order chi connectivity index (χ0) is 13.8. The van der Waals surface area contributed by atoms with Crippen LogP contribution in [0.3, 0.4) is 0 Å². The van der Waals surface area contributed by atoms with Gasteiger partial charge in [0.15, 0.2) is 5.78 Å². The maximum Gasteiger partial charge on any atom is 0.195 e. The number of carbonyl (C=O) groups is 1. The van der Waals surface area contributed by atoms with Crippen molar-refractivity contribution in [3.05, 3.63) is 58.3 Å². The van der Waals surface area contributed by atoms with Crippen molar-refractivity contribution >= 4 is 21.7 Å². The lowest BCUT2D eigenvalue weighted by molar-refractivity contribution is 0.103. The van der Waals surface area contributed by atoms with E-state index < -0.39 is 0 Å². The molecule has 1 aromatic carbocycles. The molecule has 0 aliphatic heterocycles. The smallest absolute Gasteiger partial charge is 0.195 e. The van der Waals surface area contributed by atoms with Gasteiger partial charge in [-0.15, -0.1) is 0 Å². The molecular weight excluding hydrogens is 306 g/mol. The van der Waals surface area contributed by atoms with Crippen LogP contribution in [0, 0.1) is 0 Å². The third kappa shape index (κ3) is 3.41. The summed E-state index contributed by atoms with van der Waals surface area (Å²) in [5.41, 5.74) is 1.14. The van der Waals surface area contributed by atoms with Gasteiger partial charge < -0.3 is 4.74 Å². The lowest BCUT2D eigenvalue weighted by Gasteiger charge is -2.10. The average Bonchev–Trinajstić information content (AvgIpc) is 2.38. The molecule has 19 heavy (non-hydrogen) atoms. The standard InChI is InChI=1S/C15H14BrNO2/c1-10(2)19-12-6-3-5-11(9-12)14(18)13-7-4-8-17-15(13)16/h3-10H,1-2H3. The molecule has 0 unspecified atom stereocenters. The Labute approximate surface area is 120 Å². The Morgan fingerprint density at radius 2 is 2.05 bits per heavy atom. The molecule has 1 heterocycles. The number of pyridine rings is 1. The summed E-state index contributed by atoms with van der Waals surface area (Å²) in [5.74, 6) is 0.620. The van der Waals surface area contributed by atoms with Gasteiger partial charge in [0, 0.05) is 11.8 Å². The highest BCUT2D eigenvalue weighted by Crippen LogP contribution is 2.21. The quantitative estimate of drug-likeness (QED) is 0.634. The molecule has 0 saturated carbocycles. The number of hydrogen-bond donors (Lipinski definition) is 0. The van der Waals surface area contributed by atoms with Crippen LogP contribution in [-0.2, 0) is 0 Å². The van der Waals surface area contributed by atoms with Crippen LogP contribution in [0.4, 0.5) is 0 Å². The fourth-order valence-corrected chi connectivity index (χ4v) is 2.12. The summed E-state index contributed by atoms with van der Waals surface area (Å²) in [6.45, 7) is 3.90. The first kappa shape index (κ1) is 13.7. The average molecular weight is 320 g/mol. The number of nitrogens with zero attached hydrogens (tertiary/aromatic N) is 1. The number of carbonyl (C=O) groups excluding carboxylic acids is 1. The van der Waals surface area contributed by atoms with Crippen molar-refractivity contribution in [2.45, 2.75) is 20.0 Å². The van der Waals surface area contributed by atoms with Crippen molar-refractivity contribution in [2.24, 2.45) is 0 Å². The van der Waals surface area contributed by atoms with E-state index in [9.17, 15) is 4.79 Å². The van der Waals surface area contributed by atoms with Crippen LogP contribution in [0.25, 0.3) is 0 Å². The number of ether oxygens (including phenoxy) is 1. The molecule has 2 rings (SSSR count). The van der Waals surface area contributed by atoms with Gasteiger partial charge in [-0.2, -0.15) is 0 Å². The number of hydrogen-bond acceptors (Lipinski definition) is 3. The van der Waals surface area contributed by atoms with Gasteiger partial charge in [-0.3, -0.25) is 4.79 Å². The van der Waals surface area contributed by atoms with E-state index in [2.05, 4.69) is 20.9 Å². The van der Waals surface area contributed by atoms with Gasteiger partial charge in [0.25, 0.3) is 0 Å². The van der Waals surface area contributed by atoms with Crippen molar-refractivity contribution in [3.63, 3.8) is 0 Å². The molecule has 0 amide bonds. The van der Waals surface area contributed by atoms with Crippen LogP contribution in [-0.4, -0.2) is 16.9 Å². The van der Waals surface area contributed by atoms with E-state index in [1.807, 2.05) is 26.0 Å². The zero-order valence-electron chi connectivity index (χ0n) is 10.8. The molecule has 0 N–H and O–H groups in total. The van der Waals surface area contributed by atoms with E-state index in [1.165, 1.54) is 0 Å². The van der Waals surface area contributed by atoms with Crippen molar-refractivity contribution < 1.29 is 9.53 Å². The summed E-state index contributed by atoms with van der Waals surface area (Å²) >= 11 is 3.29. The van der Waals surface area contributed by atoms with Gasteiger partial charge in [0.05, 0.1) is 11.7 Å². The summed E-state index contributed by atoms with van der Waals surface area (Å²) in [6, 6.07) is 10.7. The van der Waals surface area contributed by atoms with Crippen LogP contribution < -0.4 is 4.74 Å². The molecule has 0 spiro atoms. The van der Waals surface area contributed by atoms with E-state index in [0.29, 0.717) is 21.5 Å². The Bertz CT molecular complexity index is 596. The van der Waals surface area contributed by atoms with Crippen molar-refractivity contribution in [2.75, 3.05) is 0 Å². The molecule has 0 bridgehead atoms. The van der Waals surface area contributed by atoms with Crippen LogP contribution in [0.1, 0.15) is 29.8 Å². The second-order valence-electron chi connectivity index (χ2n) is 4.37. The Morgan fingerprint density at radius 3 is 2.74 bits per heavy atom. The van der Waals surface area contributed by atoms with Gasteiger partial charge in [-0.05, 0) is 54.0 Å². The van der Waals surface area contributed by atoms with Gasteiger partial charge in [0.1, 0.15) is 10.4 Å². The van der Waals surface area contributed by atoms with Crippen LogP contribution in [0.2, 0.25) is 0 Å². The second-order valence-corrected chi connectivity index (χ2v) is 5.12. The summed E-state index contributed by atoms with van der Waals surface area (Å²) in [5, 5.41) is 0. The molecule has 1 aromatic heterocycles. The highest BCUT2D eigenvalue weighted by molar-refractivity contribution is 9.10. The number of benzene rings is 1. The minimum atomic E-state index is -0.0748. The molecule has 3 nitrogen and oxygen atoms in total. The Balaban J connectivity index is 2.32. The molecule has 2 aromatic rings. The molecular formula is C15H14BrNO2. The fraction of sp³-hybridized carbons (Fsp3) is 0.200. The second kappa shape index (κ2) is 5.97. The monoisotopic (exact) mass is 319 g/mol. The van der Waals surface area contributed by atoms with Gasteiger partial charge >= 0.3 is 0 Å². The van der Waals surface area contributed by atoms with Crippen molar-refractivity contribution in [1.29, 1.82) is 0 Å². The van der Waals surface area contributed by atoms with Crippen molar-refractivity contribution in [3.8, 4) is 5.75 Å². The molecule has 0 aliphatic rings. The number of halogens is 1. The van der Waals surface area contributed by atoms with Crippen molar-refractivity contribution in [1.82, 2.24) is 4.98 Å². The zero-order valence-corrected chi connectivity index (χ0v) is 12.3. The summed E-state index contributed by atoms with van der Waals surface area (Å²) < 4.78 is 6.14. The van der Waals surface area contributed by atoms with Crippen LogP contribution in [0.5, 0.6) is 5.75 Å². The normalized spacial score (nSPS) is 10.5. The Morgan fingerprint density at radius 1 is 1.26 bits per heavy atom. The van der Waals surface area contributed by atoms with E-state index in [1.54, 1.807) is 30.5 Å². The Hall–Kier alpha value is -1.68. The maximum atomic E-state index is 12.4. The maximum absolute atomic E-state index is 12.4. The molecule has 98 valence electrons. The third-order valence-corrected chi connectivity index (χ3v) is 3.10. The summed E-state index contributed by atoms with van der Waals surface area (Å²) in [4.78, 5) is 16.4. The molecule has 0 aliphatic carbocycles. The SMILES string of the molecule is CC(C)Oc1cccc(C(=O)c2cccnc2Br)c1. The van der Waals surface area contributed by atoms with E-state index >= 15 is 0 Å². The number of aromatic nitrogens is 1. The highest BCUT2D eigenvalue weighted by Gasteiger charge is 2.13. The van der Waals surface area contributed by atoms with Crippen LogP contribution >= 0.6 is 15.9 Å². The lowest BCUT2D eigenvalue weighted by Crippen LogP contribution is -2.07. The molecule has 0 saturated heterocycles. The fourth-order valence-electron chi connectivity index (χ4n) is 1.69. The van der Waals surface area contributed by atoms with Gasteiger partial charge in [-0.1, -0.05) is 12.1 Å². The lowest BCUT2D eigenvalue weighted by atomic mass is 10.1. The molecule has 4 heteroatoms. The molecule has 0 radical (unpaired) electrons. The van der Waals surface area contributed by atoms with E-state index in [0.717, 1.165) is 0 Å². The number of rotatable bonds is 4. The first-order valence-electron chi connectivity index (χ1n) is 6.00. The summed E-state index contributed by atoms with van der Waals surface area (Å²) in [7, 11) is 0. The Kier molecular flexibility index (Phi) is 4.32. The van der Waals surface area contributed by atoms with Crippen LogP contribution in [0.15, 0.2) is 47.2 Å². The highest BCUT2D eigenvalue weighted by atomic mass is 79.9. The minimum Gasteiger partial charge on any atom is -0.491 e. The van der Waals surface area contributed by atoms with Gasteiger partial charge in [0.2, 0.25) is 0 Å². The molecule has 0 atom stereocenters. The largest absolute Gasteiger partial charge is 0.491 e. The molecule has 0 fully saturated rings. The summed E-state index contributed by atoms with van der Waals surface area (Å²) in [6.07, 6.45) is 1.72. The van der Waals surface area contributed by atoms with E-state index in [4.69, 9.17) is 4.74 Å². The topological polar surface area (TPSA) is 39.2 Å². The predicted molar refractivity (Wildman–Crippen MR) is 77.6 cm³/mol. The first-order chi connectivity index (χ1) is 9.08. The predicted octanol–water partition coefficient (Wildman–Crippen LogP) is 3.86. The van der Waals surface area contributed by atoms with E-state index in [-0.39, 0.29) is 11.9 Å². The first-order valence-corrected chi connectivity index (χ1v) is 6.79. The van der Waals surface area contributed by atoms with Gasteiger partial charge in [-0.25, -0.2) is 4.98 Å². The number of ketones is 1. The minimum absolute atomic E-state index is 0.0748.